The van der Waals surface area contributed by atoms with Crippen LogP contribution in [0.25, 0.3) is 10.9 Å². The number of para-hydroxylation sites is 1. The quantitative estimate of drug-likeness (QED) is 0.587. The number of fused-ring (bicyclic) bond motifs is 1. The number of anilines is 1. The van der Waals surface area contributed by atoms with Crippen molar-refractivity contribution in [2.24, 2.45) is 0 Å². The van der Waals surface area contributed by atoms with Gasteiger partial charge in [0.25, 0.3) is 5.91 Å². The topological polar surface area (TPSA) is 46.9 Å². The molecule has 6 heteroatoms. The van der Waals surface area contributed by atoms with Gasteiger partial charge in [0, 0.05) is 35.2 Å². The van der Waals surface area contributed by atoms with Gasteiger partial charge < -0.3 is 4.57 Å². The molecule has 0 spiro atoms. The van der Waals surface area contributed by atoms with Gasteiger partial charge in [0.15, 0.2) is 5.13 Å². The number of halogens is 1. The molecule has 25 heavy (non-hydrogen) atoms. The molecule has 0 radical (unpaired) electrons. The monoisotopic (exact) mass is 351 g/mol. The van der Waals surface area contributed by atoms with Crippen LogP contribution < -0.4 is 5.32 Å². The second-order valence-corrected chi connectivity index (χ2v) is 6.50. The average molecular weight is 351 g/mol. The van der Waals surface area contributed by atoms with E-state index in [2.05, 4.69) is 10.3 Å². The van der Waals surface area contributed by atoms with E-state index in [9.17, 15) is 9.18 Å². The smallest absolute Gasteiger partial charge is 0.259 e. The first-order valence-corrected chi connectivity index (χ1v) is 8.62. The zero-order chi connectivity index (χ0) is 17.2. The van der Waals surface area contributed by atoms with Gasteiger partial charge in [0.05, 0.1) is 5.56 Å². The molecule has 124 valence electrons. The fourth-order valence-corrected chi connectivity index (χ4v) is 3.36. The Labute approximate surface area is 147 Å². The van der Waals surface area contributed by atoms with Crippen LogP contribution in [0.3, 0.4) is 0 Å². The summed E-state index contributed by atoms with van der Waals surface area (Å²) in [6.07, 6.45) is 3.45. The molecule has 0 aliphatic heterocycles. The Kier molecular flexibility index (Phi) is 4.03. The van der Waals surface area contributed by atoms with Gasteiger partial charge in [-0.25, -0.2) is 9.37 Å². The van der Waals surface area contributed by atoms with Crippen LogP contribution in [-0.4, -0.2) is 15.5 Å². The van der Waals surface area contributed by atoms with Gasteiger partial charge >= 0.3 is 0 Å². The number of thiazole rings is 1. The number of aromatic nitrogens is 2. The zero-order valence-electron chi connectivity index (χ0n) is 13.1. The van der Waals surface area contributed by atoms with Crippen LogP contribution in [0.15, 0.2) is 66.3 Å². The Morgan fingerprint density at radius 2 is 2.08 bits per heavy atom. The minimum absolute atomic E-state index is 0.204. The molecule has 0 saturated heterocycles. The number of hydrogen-bond donors (Lipinski definition) is 1. The van der Waals surface area contributed by atoms with Gasteiger partial charge in [-0.3, -0.25) is 10.1 Å². The summed E-state index contributed by atoms with van der Waals surface area (Å²) in [5.41, 5.74) is 2.34. The summed E-state index contributed by atoms with van der Waals surface area (Å²) in [7, 11) is 0. The molecular weight excluding hydrogens is 337 g/mol. The van der Waals surface area contributed by atoms with Crippen molar-refractivity contribution in [1.29, 1.82) is 0 Å². The van der Waals surface area contributed by atoms with Crippen LogP contribution in [0.1, 0.15) is 15.9 Å². The van der Waals surface area contributed by atoms with Crippen molar-refractivity contribution < 1.29 is 9.18 Å². The number of nitrogens with zero attached hydrogens (tertiary/aromatic N) is 2. The molecule has 1 N–H and O–H groups in total. The first kappa shape index (κ1) is 15.5. The van der Waals surface area contributed by atoms with E-state index in [1.165, 1.54) is 23.5 Å². The lowest BCUT2D eigenvalue weighted by molar-refractivity contribution is 0.102. The molecule has 0 bridgehead atoms. The highest BCUT2D eigenvalue weighted by Crippen LogP contribution is 2.24. The predicted molar refractivity (Wildman–Crippen MR) is 97.5 cm³/mol. The summed E-state index contributed by atoms with van der Waals surface area (Å²) >= 11 is 1.37. The number of carbonyl (C=O) groups is 1. The Bertz CT molecular complexity index is 1040. The maximum absolute atomic E-state index is 13.4. The van der Waals surface area contributed by atoms with E-state index >= 15 is 0 Å². The van der Waals surface area contributed by atoms with E-state index in [1.54, 1.807) is 18.5 Å². The number of rotatable bonds is 4. The van der Waals surface area contributed by atoms with E-state index in [0.29, 0.717) is 17.2 Å². The largest absolute Gasteiger partial charge is 0.342 e. The van der Waals surface area contributed by atoms with Crippen LogP contribution in [-0.2, 0) is 6.54 Å². The lowest BCUT2D eigenvalue weighted by Gasteiger charge is -2.05. The molecule has 4 nitrogen and oxygen atoms in total. The molecule has 0 unspecified atom stereocenters. The molecule has 0 aliphatic carbocycles. The molecule has 0 fully saturated rings. The van der Waals surface area contributed by atoms with Gasteiger partial charge in [0.2, 0.25) is 0 Å². The summed E-state index contributed by atoms with van der Waals surface area (Å²) in [5.74, 6) is -0.472. The van der Waals surface area contributed by atoms with Gasteiger partial charge in [-0.2, -0.15) is 0 Å². The minimum Gasteiger partial charge on any atom is -0.342 e. The van der Waals surface area contributed by atoms with E-state index in [0.717, 1.165) is 16.5 Å². The van der Waals surface area contributed by atoms with Crippen LogP contribution >= 0.6 is 11.3 Å². The predicted octanol–water partition coefficient (Wildman–Crippen LogP) is 4.54. The molecule has 4 rings (SSSR count). The van der Waals surface area contributed by atoms with Gasteiger partial charge in [-0.1, -0.05) is 30.3 Å². The molecule has 0 atom stereocenters. The van der Waals surface area contributed by atoms with Crippen LogP contribution in [0.5, 0.6) is 0 Å². The Morgan fingerprint density at radius 3 is 2.88 bits per heavy atom. The molecule has 1 amide bonds. The van der Waals surface area contributed by atoms with E-state index < -0.39 is 0 Å². The zero-order valence-corrected chi connectivity index (χ0v) is 14.0. The van der Waals surface area contributed by atoms with Crippen molar-refractivity contribution in [3.8, 4) is 0 Å². The Hall–Kier alpha value is -2.99. The Balaban J connectivity index is 1.72. The van der Waals surface area contributed by atoms with Crippen LogP contribution in [0.4, 0.5) is 9.52 Å². The van der Waals surface area contributed by atoms with Gasteiger partial charge in [-0.05, 0) is 23.8 Å². The highest BCUT2D eigenvalue weighted by Gasteiger charge is 2.16. The third kappa shape index (κ3) is 3.16. The molecule has 2 aromatic carbocycles. The molecular formula is C19H14FN3OS. The third-order valence-electron chi connectivity index (χ3n) is 3.93. The van der Waals surface area contributed by atoms with Crippen molar-refractivity contribution in [1.82, 2.24) is 9.55 Å². The first-order chi connectivity index (χ1) is 12.2. The summed E-state index contributed by atoms with van der Waals surface area (Å²) < 4.78 is 15.4. The third-order valence-corrected chi connectivity index (χ3v) is 4.62. The lowest BCUT2D eigenvalue weighted by Crippen LogP contribution is -2.11. The molecule has 0 saturated carbocycles. The number of nitrogens with one attached hydrogen (secondary N) is 1. The molecule has 2 aromatic heterocycles. The number of amides is 1. The molecule has 0 aliphatic rings. The fraction of sp³-hybridized carbons (Fsp3) is 0.0526. The SMILES string of the molecule is O=C(Nc1nccs1)c1cn(Cc2cccc(F)c2)c2ccccc12. The summed E-state index contributed by atoms with van der Waals surface area (Å²) in [6.45, 7) is 0.489. The second kappa shape index (κ2) is 6.49. The van der Waals surface area contributed by atoms with Crippen LogP contribution in [0.2, 0.25) is 0 Å². The van der Waals surface area contributed by atoms with Crippen molar-refractivity contribution in [2.75, 3.05) is 5.32 Å². The fourth-order valence-electron chi connectivity index (χ4n) is 2.84. The summed E-state index contributed by atoms with van der Waals surface area (Å²) in [6, 6.07) is 14.2. The number of hydrogen-bond acceptors (Lipinski definition) is 3. The Morgan fingerprint density at radius 1 is 1.20 bits per heavy atom. The minimum atomic E-state index is -0.268. The number of carbonyl (C=O) groups excluding carboxylic acids is 1. The van der Waals surface area contributed by atoms with Crippen molar-refractivity contribution >= 4 is 33.3 Å². The molecule has 2 heterocycles. The first-order valence-electron chi connectivity index (χ1n) is 7.74. The standard InChI is InChI=1S/C19H14FN3OS/c20-14-5-3-4-13(10-14)11-23-12-16(15-6-1-2-7-17(15)23)18(24)22-19-21-8-9-25-19/h1-10,12H,11H2,(H,21,22,24). The van der Waals surface area contributed by atoms with Crippen molar-refractivity contribution in [2.45, 2.75) is 6.54 Å². The average Bonchev–Trinajstić information content (AvgIpc) is 3.23. The summed E-state index contributed by atoms with van der Waals surface area (Å²) in [4.78, 5) is 16.7. The highest BCUT2D eigenvalue weighted by atomic mass is 32.1. The summed E-state index contributed by atoms with van der Waals surface area (Å²) in [5, 5.41) is 6.04. The maximum atomic E-state index is 13.4. The van der Waals surface area contributed by atoms with E-state index in [-0.39, 0.29) is 11.7 Å². The van der Waals surface area contributed by atoms with Gasteiger partial charge in [0.1, 0.15) is 5.82 Å². The maximum Gasteiger partial charge on any atom is 0.259 e. The van der Waals surface area contributed by atoms with Gasteiger partial charge in [-0.15, -0.1) is 11.3 Å². The van der Waals surface area contributed by atoms with Crippen molar-refractivity contribution in [3.05, 3.63) is 83.2 Å². The number of benzene rings is 2. The van der Waals surface area contributed by atoms with E-state index in [4.69, 9.17) is 0 Å². The second-order valence-electron chi connectivity index (χ2n) is 5.61. The lowest BCUT2D eigenvalue weighted by atomic mass is 10.1. The normalized spacial score (nSPS) is 10.9. The highest BCUT2D eigenvalue weighted by molar-refractivity contribution is 7.13. The molecule has 4 aromatic rings. The van der Waals surface area contributed by atoms with E-state index in [1.807, 2.05) is 40.3 Å². The van der Waals surface area contributed by atoms with Crippen molar-refractivity contribution in [3.63, 3.8) is 0 Å². The van der Waals surface area contributed by atoms with Crippen LogP contribution in [0, 0.1) is 5.82 Å².